The average molecular weight is 299 g/mol. The second kappa shape index (κ2) is 4.58. The molecule has 88 valence electrons. The van der Waals surface area contributed by atoms with Crippen molar-refractivity contribution >= 4 is 32.9 Å². The van der Waals surface area contributed by atoms with Crippen LogP contribution in [0.3, 0.4) is 0 Å². The number of halogens is 1. The summed E-state index contributed by atoms with van der Waals surface area (Å²) >= 11 is 3.27. The third kappa shape index (κ3) is 2.65. The fraction of sp³-hybridized carbons (Fsp3) is 0.0909. The van der Waals surface area contributed by atoms with E-state index >= 15 is 0 Å². The Morgan fingerprint density at radius 2 is 2.18 bits per heavy atom. The maximum Gasteiger partial charge on any atom is 0.341 e. The first-order chi connectivity index (χ1) is 8.06. The molecule has 0 unspecified atom stereocenters. The Bertz CT molecular complexity index is 631. The highest BCUT2D eigenvalue weighted by molar-refractivity contribution is 9.10. The summed E-state index contributed by atoms with van der Waals surface area (Å²) in [4.78, 5) is 21.7. The summed E-state index contributed by atoms with van der Waals surface area (Å²) in [5.74, 6) is -0.915. The molecule has 0 fully saturated rings. The van der Waals surface area contributed by atoms with Gasteiger partial charge in [-0.15, -0.1) is 0 Å². The van der Waals surface area contributed by atoms with E-state index in [0.717, 1.165) is 10.5 Å². The minimum Gasteiger partial charge on any atom is -0.481 e. The molecule has 2 rings (SSSR count). The van der Waals surface area contributed by atoms with Crippen LogP contribution in [0, 0.1) is 0 Å². The average Bonchev–Trinajstić information content (AvgIpc) is 2.26. The van der Waals surface area contributed by atoms with Crippen molar-refractivity contribution in [2.45, 2.75) is 0 Å². The van der Waals surface area contributed by atoms with Crippen molar-refractivity contribution in [3.63, 3.8) is 0 Å². The number of carboxylic acid groups (broad SMARTS) is 1. The zero-order valence-corrected chi connectivity index (χ0v) is 10.1. The van der Waals surface area contributed by atoms with Crippen LogP contribution in [0.4, 0.5) is 0 Å². The molecule has 1 aromatic heterocycles. The molecule has 6 heteroatoms. The van der Waals surface area contributed by atoms with Crippen LogP contribution in [0.1, 0.15) is 0 Å². The molecule has 0 aliphatic carbocycles. The van der Waals surface area contributed by atoms with Gasteiger partial charge in [-0.25, -0.2) is 9.59 Å². The fourth-order valence-corrected chi connectivity index (χ4v) is 1.73. The number of rotatable bonds is 3. The van der Waals surface area contributed by atoms with Crippen molar-refractivity contribution < 1.29 is 19.1 Å². The topological polar surface area (TPSA) is 76.7 Å². The lowest BCUT2D eigenvalue weighted by atomic mass is 10.2. The molecule has 0 radical (unpaired) electrons. The third-order valence-corrected chi connectivity index (χ3v) is 2.51. The van der Waals surface area contributed by atoms with Gasteiger partial charge in [-0.05, 0) is 18.2 Å². The second-order valence-electron chi connectivity index (χ2n) is 3.25. The summed E-state index contributed by atoms with van der Waals surface area (Å²) in [6.45, 7) is -0.509. The van der Waals surface area contributed by atoms with E-state index in [1.54, 1.807) is 18.2 Å². The molecule has 1 aromatic carbocycles. The Balaban J connectivity index is 2.55. The monoisotopic (exact) mass is 298 g/mol. The van der Waals surface area contributed by atoms with Gasteiger partial charge in [-0.3, -0.25) is 0 Å². The summed E-state index contributed by atoms with van der Waals surface area (Å²) in [6, 6.07) is 6.13. The van der Waals surface area contributed by atoms with E-state index in [-0.39, 0.29) is 5.75 Å². The Morgan fingerprint density at radius 1 is 1.41 bits per heavy atom. The van der Waals surface area contributed by atoms with Crippen LogP contribution >= 0.6 is 15.9 Å². The first-order valence-electron chi connectivity index (χ1n) is 4.64. The first kappa shape index (κ1) is 11.7. The van der Waals surface area contributed by atoms with Crippen molar-refractivity contribution in [3.8, 4) is 5.75 Å². The van der Waals surface area contributed by atoms with Gasteiger partial charge in [0.15, 0.2) is 6.61 Å². The summed E-state index contributed by atoms with van der Waals surface area (Å²) < 4.78 is 10.8. The van der Waals surface area contributed by atoms with Crippen molar-refractivity contribution in [1.29, 1.82) is 0 Å². The Hall–Kier alpha value is -1.82. The van der Waals surface area contributed by atoms with Gasteiger partial charge in [-0.2, -0.15) is 0 Å². The molecule has 5 nitrogen and oxygen atoms in total. The van der Waals surface area contributed by atoms with Crippen LogP contribution in [0.25, 0.3) is 11.0 Å². The second-order valence-corrected chi connectivity index (χ2v) is 4.17. The highest BCUT2D eigenvalue weighted by Gasteiger charge is 2.08. The predicted molar refractivity (Wildman–Crippen MR) is 63.3 cm³/mol. The molecule has 1 heterocycles. The predicted octanol–water partition coefficient (Wildman–Crippen LogP) is 2.02. The van der Waals surface area contributed by atoms with Gasteiger partial charge in [-0.1, -0.05) is 15.9 Å². The maximum atomic E-state index is 11.2. The number of benzene rings is 1. The maximum absolute atomic E-state index is 11.2. The molecular weight excluding hydrogens is 292 g/mol. The molecule has 0 bridgehead atoms. The third-order valence-electron chi connectivity index (χ3n) is 2.02. The van der Waals surface area contributed by atoms with Gasteiger partial charge in [0.1, 0.15) is 11.3 Å². The van der Waals surface area contributed by atoms with E-state index in [2.05, 4.69) is 15.9 Å². The quantitative estimate of drug-likeness (QED) is 0.877. The van der Waals surface area contributed by atoms with E-state index in [1.165, 1.54) is 0 Å². The van der Waals surface area contributed by atoms with Crippen LogP contribution in [0.2, 0.25) is 0 Å². The Labute approximate surface area is 104 Å². The molecule has 0 saturated carbocycles. The molecule has 0 atom stereocenters. The van der Waals surface area contributed by atoms with E-state index in [0.29, 0.717) is 11.0 Å². The molecule has 1 N–H and O–H groups in total. The van der Waals surface area contributed by atoms with Gasteiger partial charge >= 0.3 is 11.6 Å². The van der Waals surface area contributed by atoms with Gasteiger partial charge in [0.25, 0.3) is 0 Å². The molecule has 0 amide bonds. The smallest absolute Gasteiger partial charge is 0.341 e. The molecule has 0 saturated heterocycles. The number of hydrogen-bond donors (Lipinski definition) is 1. The fourth-order valence-electron chi connectivity index (χ4n) is 1.37. The molecular formula is C11H7BrO5. The van der Waals surface area contributed by atoms with E-state index in [4.69, 9.17) is 14.3 Å². The van der Waals surface area contributed by atoms with Crippen LogP contribution in [0.5, 0.6) is 5.75 Å². The highest BCUT2D eigenvalue weighted by Crippen LogP contribution is 2.26. The van der Waals surface area contributed by atoms with Gasteiger partial charge in [0.05, 0.1) is 11.5 Å². The number of carboxylic acids is 1. The number of carbonyl (C=O) groups is 1. The first-order valence-corrected chi connectivity index (χ1v) is 5.43. The molecule has 0 spiro atoms. The molecule has 0 aliphatic rings. The van der Waals surface area contributed by atoms with E-state index in [1.807, 2.05) is 0 Å². The SMILES string of the molecule is O=C(O)COc1cc(=O)oc2ccc(Br)cc12. The van der Waals surface area contributed by atoms with E-state index < -0.39 is 18.2 Å². The Kier molecular flexibility index (Phi) is 3.14. The number of ether oxygens (including phenoxy) is 1. The molecule has 2 aromatic rings. The van der Waals surface area contributed by atoms with Gasteiger partial charge in [0.2, 0.25) is 0 Å². The zero-order chi connectivity index (χ0) is 12.4. The minimum absolute atomic E-state index is 0.194. The van der Waals surface area contributed by atoms with Crippen LogP contribution in [0.15, 0.2) is 37.9 Å². The number of aliphatic carboxylic acids is 1. The molecule has 0 aliphatic heterocycles. The highest BCUT2D eigenvalue weighted by atomic mass is 79.9. The standard InChI is InChI=1S/C11H7BrO5/c12-6-1-2-8-7(3-6)9(4-11(15)17-8)16-5-10(13)14/h1-4H,5H2,(H,13,14). The van der Waals surface area contributed by atoms with Crippen molar-refractivity contribution in [2.24, 2.45) is 0 Å². The summed E-state index contributed by atoms with van der Waals surface area (Å²) in [7, 11) is 0. The summed E-state index contributed by atoms with van der Waals surface area (Å²) in [5, 5.41) is 9.08. The van der Waals surface area contributed by atoms with Crippen LogP contribution in [-0.4, -0.2) is 17.7 Å². The normalized spacial score (nSPS) is 10.4. The van der Waals surface area contributed by atoms with Gasteiger partial charge in [0, 0.05) is 4.47 Å². The van der Waals surface area contributed by atoms with Crippen molar-refractivity contribution in [3.05, 3.63) is 39.2 Å². The zero-order valence-electron chi connectivity index (χ0n) is 8.47. The lowest BCUT2D eigenvalue weighted by Gasteiger charge is -2.06. The van der Waals surface area contributed by atoms with E-state index in [9.17, 15) is 9.59 Å². The summed E-state index contributed by atoms with van der Waals surface area (Å²) in [5.41, 5.74) is -0.235. The van der Waals surface area contributed by atoms with Gasteiger partial charge < -0.3 is 14.3 Å². The van der Waals surface area contributed by atoms with Crippen LogP contribution < -0.4 is 10.4 Å². The molecule has 17 heavy (non-hydrogen) atoms. The number of hydrogen-bond acceptors (Lipinski definition) is 4. The number of fused-ring (bicyclic) bond motifs is 1. The lowest BCUT2D eigenvalue weighted by Crippen LogP contribution is -2.11. The van der Waals surface area contributed by atoms with Crippen molar-refractivity contribution in [1.82, 2.24) is 0 Å². The largest absolute Gasteiger partial charge is 0.481 e. The Morgan fingerprint density at radius 3 is 2.88 bits per heavy atom. The van der Waals surface area contributed by atoms with Crippen molar-refractivity contribution in [2.75, 3.05) is 6.61 Å². The summed E-state index contributed by atoms with van der Waals surface area (Å²) in [6.07, 6.45) is 0. The lowest BCUT2D eigenvalue weighted by molar-refractivity contribution is -0.139. The minimum atomic E-state index is -1.11. The van der Waals surface area contributed by atoms with Crippen LogP contribution in [-0.2, 0) is 4.79 Å².